The number of amides is 3. The summed E-state index contributed by atoms with van der Waals surface area (Å²) < 4.78 is 46.5. The summed E-state index contributed by atoms with van der Waals surface area (Å²) in [6.07, 6.45) is -1.43. The summed E-state index contributed by atoms with van der Waals surface area (Å²) in [6, 6.07) is -4.73. The number of unbranched alkanes of at least 4 members (excludes halogenated alkanes) is 30. The number of ether oxygens (including phenoxy) is 8. The third-order valence-electron chi connectivity index (χ3n) is 20.7. The number of carboxylic acid groups (broad SMARTS) is 2. The molecule has 4 aliphatic heterocycles. The van der Waals surface area contributed by atoms with E-state index in [2.05, 4.69) is 29.8 Å². The van der Waals surface area contributed by atoms with E-state index in [-0.39, 0.29) is 12.3 Å². The van der Waals surface area contributed by atoms with Gasteiger partial charge in [-0.1, -0.05) is 212 Å². The second-order valence-corrected chi connectivity index (χ2v) is 29.7. The van der Waals surface area contributed by atoms with E-state index in [9.17, 15) is 106 Å². The van der Waals surface area contributed by atoms with Gasteiger partial charge in [0, 0.05) is 33.1 Å². The Bertz CT molecular complexity index is 2500. The molecule has 3 amide bonds. The highest BCUT2D eigenvalue weighted by molar-refractivity contribution is 5.78. The molecule has 4 heterocycles. The standard InChI is InChI=1S/C75H135N3O29/c1-5-7-9-11-13-15-17-19-20-21-22-23-24-25-27-29-31-33-35-37-39-57(89)78-49(50(85)38-36-34-32-30-28-26-18-16-14-12-10-8-6-2)46-100-70-64(94)63(93)66(56(45-82)102-70)103-71-65(95)69(61(91)54(43-80)101-71)107-75(73(98)99)41-52(87)59(77-48(4)84)68(106-75)62(92)55(44-81)104-74(72(96)97)40-51(86)58(76-47(3)83)67(105-74)60(90)53(88)42-79/h36,38,49-56,58-71,79-82,85-88,90-95H,5-35,37,39-46H2,1-4H3,(H,76,83)(H,77,84)(H,78,89)(H,96,97)(H,98,99). The highest BCUT2D eigenvalue weighted by Gasteiger charge is 2.62. The number of aliphatic hydroxyl groups excluding tert-OH is 14. The fourth-order valence-corrected chi connectivity index (χ4v) is 14.4. The largest absolute Gasteiger partial charge is 0.477 e. The highest BCUT2D eigenvalue weighted by Crippen LogP contribution is 2.41. The molecule has 0 bridgehead atoms. The molecular weight excluding hydrogens is 1410 g/mol. The number of hydrogen-bond donors (Lipinski definition) is 19. The molecule has 24 atom stereocenters. The van der Waals surface area contributed by atoms with E-state index in [0.717, 1.165) is 65.2 Å². The smallest absolute Gasteiger partial charge is 0.364 e. The Hall–Kier alpha value is -3.79. The molecular formula is C75H135N3O29. The maximum Gasteiger partial charge on any atom is 0.364 e. The minimum atomic E-state index is -3.39. The van der Waals surface area contributed by atoms with Crippen molar-refractivity contribution in [2.75, 3.05) is 33.0 Å². The van der Waals surface area contributed by atoms with Gasteiger partial charge in [-0.25, -0.2) is 9.59 Å². The number of carbonyl (C=O) groups excluding carboxylic acids is 3. The van der Waals surface area contributed by atoms with Gasteiger partial charge >= 0.3 is 11.9 Å². The molecule has 0 spiro atoms. The summed E-state index contributed by atoms with van der Waals surface area (Å²) in [5.41, 5.74) is 0. The predicted molar refractivity (Wildman–Crippen MR) is 386 cm³/mol. The molecule has 4 saturated heterocycles. The van der Waals surface area contributed by atoms with Crippen molar-refractivity contribution in [3.63, 3.8) is 0 Å². The second kappa shape index (κ2) is 51.8. The Morgan fingerprint density at radius 3 is 1.37 bits per heavy atom. The Morgan fingerprint density at radius 2 is 0.935 bits per heavy atom. The Morgan fingerprint density at radius 1 is 0.505 bits per heavy atom. The van der Waals surface area contributed by atoms with E-state index in [4.69, 9.17) is 37.9 Å². The maximum absolute atomic E-state index is 13.6. The van der Waals surface area contributed by atoms with Crippen LogP contribution in [0.4, 0.5) is 0 Å². The van der Waals surface area contributed by atoms with Crippen molar-refractivity contribution in [1.29, 1.82) is 0 Å². The van der Waals surface area contributed by atoms with Crippen LogP contribution in [-0.2, 0) is 61.9 Å². The molecule has 4 rings (SSSR count). The van der Waals surface area contributed by atoms with Crippen LogP contribution in [0, 0.1) is 0 Å². The molecule has 0 aromatic heterocycles. The van der Waals surface area contributed by atoms with Crippen LogP contribution < -0.4 is 16.0 Å². The minimum Gasteiger partial charge on any atom is -0.477 e. The zero-order valence-corrected chi connectivity index (χ0v) is 63.6. The number of carboxylic acids is 2. The lowest BCUT2D eigenvalue weighted by atomic mass is 9.87. The van der Waals surface area contributed by atoms with Crippen molar-refractivity contribution in [2.24, 2.45) is 0 Å². The van der Waals surface area contributed by atoms with Crippen molar-refractivity contribution in [1.82, 2.24) is 16.0 Å². The third kappa shape index (κ3) is 31.6. The molecule has 4 fully saturated rings. The van der Waals surface area contributed by atoms with Crippen LogP contribution >= 0.6 is 0 Å². The SMILES string of the molecule is CCCCCCCCCCCCCC=CC(O)C(COC1OC(CO)C(OC2OC(CO)C(O)C(OC3(C(=O)O)CC(O)C(NC(C)=O)C(C(O)C(CO)OC4(C(=O)O)CC(O)C(NC(C)=O)C(C(O)C(O)CO)O4)O3)C2O)C(O)C1O)NC(=O)CCCCCCCCCCCCCCCCCCCCCC. The molecule has 32 heteroatoms. The van der Waals surface area contributed by atoms with Gasteiger partial charge in [0.25, 0.3) is 11.6 Å². The van der Waals surface area contributed by atoms with Crippen molar-refractivity contribution >= 4 is 29.7 Å². The van der Waals surface area contributed by atoms with Crippen LogP contribution in [-0.4, -0.2) is 290 Å². The topological polar surface area (TPSA) is 519 Å². The monoisotopic (exact) mass is 1540 g/mol. The number of rotatable bonds is 57. The Labute approximate surface area is 630 Å². The molecule has 0 radical (unpaired) electrons. The summed E-state index contributed by atoms with van der Waals surface area (Å²) in [4.78, 5) is 65.1. The van der Waals surface area contributed by atoms with Gasteiger partial charge in [0.1, 0.15) is 85.5 Å². The first kappa shape index (κ1) is 95.6. The molecule has 24 unspecified atom stereocenters. The summed E-state index contributed by atoms with van der Waals surface area (Å²) in [6.45, 7) is 1.13. The molecule has 0 saturated carbocycles. The van der Waals surface area contributed by atoms with E-state index < -0.39 is 216 Å². The van der Waals surface area contributed by atoms with Crippen molar-refractivity contribution in [3.05, 3.63) is 12.2 Å². The van der Waals surface area contributed by atoms with Crippen LogP contribution in [0.1, 0.15) is 252 Å². The fourth-order valence-electron chi connectivity index (χ4n) is 14.4. The van der Waals surface area contributed by atoms with E-state index >= 15 is 0 Å². The molecule has 19 N–H and O–H groups in total. The molecule has 0 aromatic carbocycles. The van der Waals surface area contributed by atoms with Crippen LogP contribution in [0.15, 0.2) is 12.2 Å². The van der Waals surface area contributed by atoms with Gasteiger partial charge in [0.05, 0.1) is 69.5 Å². The first-order valence-corrected chi connectivity index (χ1v) is 39.7. The summed E-state index contributed by atoms with van der Waals surface area (Å²) >= 11 is 0. The van der Waals surface area contributed by atoms with Gasteiger partial charge in [-0.05, 0) is 19.3 Å². The lowest BCUT2D eigenvalue weighted by Gasteiger charge is -2.51. The zero-order valence-electron chi connectivity index (χ0n) is 63.6. The van der Waals surface area contributed by atoms with E-state index in [0.29, 0.717) is 12.8 Å². The molecule has 0 aromatic rings. The Kier molecular flexibility index (Phi) is 46.2. The summed E-state index contributed by atoms with van der Waals surface area (Å²) in [5.74, 6) is -13.1. The van der Waals surface area contributed by atoms with E-state index in [1.54, 1.807) is 6.08 Å². The van der Waals surface area contributed by atoms with Crippen LogP contribution in [0.5, 0.6) is 0 Å². The minimum absolute atomic E-state index is 0.156. The first-order valence-electron chi connectivity index (χ1n) is 39.7. The normalized spacial score (nSPS) is 30.8. The quantitative estimate of drug-likeness (QED) is 0.0307. The zero-order chi connectivity index (χ0) is 79.1. The number of hydrogen-bond acceptors (Lipinski definition) is 27. The average molecular weight is 1540 g/mol. The van der Waals surface area contributed by atoms with Crippen LogP contribution in [0.25, 0.3) is 0 Å². The summed E-state index contributed by atoms with van der Waals surface area (Å²) in [7, 11) is 0. The van der Waals surface area contributed by atoms with Crippen LogP contribution in [0.2, 0.25) is 0 Å². The maximum atomic E-state index is 13.6. The third-order valence-corrected chi connectivity index (χ3v) is 20.7. The van der Waals surface area contributed by atoms with Gasteiger partial charge in [0.2, 0.25) is 17.7 Å². The lowest BCUT2D eigenvalue weighted by Crippen LogP contribution is -2.72. The van der Waals surface area contributed by atoms with Crippen molar-refractivity contribution in [2.45, 2.75) is 398 Å². The second-order valence-electron chi connectivity index (χ2n) is 29.7. The van der Waals surface area contributed by atoms with E-state index in [1.165, 1.54) is 141 Å². The molecule has 624 valence electrons. The van der Waals surface area contributed by atoms with Gasteiger partial charge in [0.15, 0.2) is 12.6 Å². The van der Waals surface area contributed by atoms with Crippen LogP contribution in [0.3, 0.4) is 0 Å². The summed E-state index contributed by atoms with van der Waals surface area (Å²) in [5, 5.41) is 185. The van der Waals surface area contributed by atoms with Gasteiger partial charge in [-0.2, -0.15) is 0 Å². The van der Waals surface area contributed by atoms with Gasteiger partial charge < -0.3 is 136 Å². The highest BCUT2D eigenvalue weighted by atomic mass is 16.8. The lowest BCUT2D eigenvalue weighted by molar-refractivity contribution is -0.388. The van der Waals surface area contributed by atoms with Gasteiger partial charge in [-0.15, -0.1) is 0 Å². The predicted octanol–water partition coefficient (Wildman–Crippen LogP) is 2.29. The van der Waals surface area contributed by atoms with E-state index in [1.807, 2.05) is 6.08 Å². The molecule has 0 aliphatic carbocycles. The number of allylic oxidation sites excluding steroid dienone is 1. The number of nitrogens with one attached hydrogen (secondary N) is 3. The number of carbonyl (C=O) groups is 5. The van der Waals surface area contributed by atoms with Gasteiger partial charge in [-0.3, -0.25) is 14.4 Å². The number of aliphatic carboxylic acids is 2. The Balaban J connectivity index is 1.45. The fraction of sp³-hybridized carbons (Fsp3) is 0.907. The van der Waals surface area contributed by atoms with Crippen molar-refractivity contribution < 1.29 is 144 Å². The molecule has 4 aliphatic rings. The molecule has 107 heavy (non-hydrogen) atoms. The first-order chi connectivity index (χ1) is 51.2. The molecule has 32 nitrogen and oxygen atoms in total. The average Bonchev–Trinajstić information content (AvgIpc) is 0.755. The van der Waals surface area contributed by atoms with Crippen molar-refractivity contribution in [3.8, 4) is 0 Å². The number of aliphatic hydroxyl groups is 14.